The average Bonchev–Trinajstić information content (AvgIpc) is 3.31. The lowest BCUT2D eigenvalue weighted by molar-refractivity contribution is -0.142. The Bertz CT molecular complexity index is 1130. The fourth-order valence-corrected chi connectivity index (χ4v) is 5.77. The molecule has 0 aromatic carbocycles. The highest BCUT2D eigenvalue weighted by Crippen LogP contribution is 2.12. The lowest BCUT2D eigenvalue weighted by atomic mass is 10.1. The van der Waals surface area contributed by atoms with Gasteiger partial charge in [0.15, 0.2) is 0 Å². The van der Waals surface area contributed by atoms with Crippen molar-refractivity contribution in [1.82, 2.24) is 10.6 Å². The van der Waals surface area contributed by atoms with Gasteiger partial charge in [-0.05, 0) is 19.3 Å². The van der Waals surface area contributed by atoms with Crippen molar-refractivity contribution in [3.8, 4) is 0 Å². The molecule has 1 atom stereocenters. The summed E-state index contributed by atoms with van der Waals surface area (Å²) in [5.41, 5.74) is 0. The Kier molecular flexibility index (Phi) is 51.7. The molecule has 0 spiro atoms. The van der Waals surface area contributed by atoms with Crippen LogP contribution in [-0.4, -0.2) is 211 Å². The van der Waals surface area contributed by atoms with Crippen LogP contribution in [0.4, 0.5) is 0 Å². The van der Waals surface area contributed by atoms with Gasteiger partial charge in [0.2, 0.25) is 11.8 Å². The molecule has 0 saturated heterocycles. The van der Waals surface area contributed by atoms with E-state index in [1.807, 2.05) is 0 Å². The van der Waals surface area contributed by atoms with Crippen molar-refractivity contribution in [1.29, 1.82) is 0 Å². The van der Waals surface area contributed by atoms with E-state index in [0.717, 1.165) is 38.5 Å². The van der Waals surface area contributed by atoms with Crippen LogP contribution in [0.3, 0.4) is 0 Å². The van der Waals surface area contributed by atoms with E-state index in [1.54, 1.807) is 0 Å². The molecule has 0 aromatic heterocycles. The fourth-order valence-electron chi connectivity index (χ4n) is 5.77. The van der Waals surface area contributed by atoms with Gasteiger partial charge in [0.05, 0.1) is 159 Å². The minimum atomic E-state index is -1.18. The Morgan fingerprint density at radius 2 is 0.672 bits per heavy atom. The lowest BCUT2D eigenvalue weighted by Gasteiger charge is -2.13. The number of carbonyl (C=O) groups is 5. The normalized spacial score (nSPS) is 11.8. The van der Waals surface area contributed by atoms with Crippen molar-refractivity contribution in [3.05, 3.63) is 0 Å². The molecule has 0 fully saturated rings. The highest BCUT2D eigenvalue weighted by molar-refractivity contribution is 5.83. The van der Waals surface area contributed by atoms with Crippen LogP contribution >= 0.6 is 0 Å². The number of carbonyl (C=O) groups excluding carboxylic acids is 3. The summed E-state index contributed by atoms with van der Waals surface area (Å²) in [6.45, 7) is 10.7. The molecular weight excluding hydrogens is 885 g/mol. The molecule has 4 N–H and O–H groups in total. The number of nitrogens with one attached hydrogen (secondary N) is 2. The van der Waals surface area contributed by atoms with Crippen molar-refractivity contribution in [2.24, 2.45) is 0 Å². The molecule has 0 aromatic rings. The zero-order chi connectivity index (χ0) is 48.8. The quantitative estimate of drug-likeness (QED) is 0.0504. The van der Waals surface area contributed by atoms with E-state index in [0.29, 0.717) is 165 Å². The summed E-state index contributed by atoms with van der Waals surface area (Å²) in [7, 11) is 0. The summed E-state index contributed by atoms with van der Waals surface area (Å²) >= 11 is 0. The first-order valence-corrected chi connectivity index (χ1v) is 24.2. The van der Waals surface area contributed by atoms with Gasteiger partial charge in [-0.15, -0.1) is 0 Å². The van der Waals surface area contributed by atoms with Crippen LogP contribution in [0, 0.1) is 0 Å². The third kappa shape index (κ3) is 53.9. The highest BCUT2D eigenvalue weighted by Gasteiger charge is 2.19. The van der Waals surface area contributed by atoms with E-state index < -0.39 is 23.9 Å². The van der Waals surface area contributed by atoms with Crippen LogP contribution in [0.5, 0.6) is 0 Å². The maximum atomic E-state index is 12.0. The molecule has 0 bridgehead atoms. The Labute approximate surface area is 398 Å². The number of carboxylic acid groups (broad SMARTS) is 2. The van der Waals surface area contributed by atoms with Gasteiger partial charge in [0.1, 0.15) is 12.3 Å². The molecule has 67 heavy (non-hydrogen) atoms. The predicted octanol–water partition coefficient (Wildman–Crippen LogP) is 3.01. The Balaban J connectivity index is 3.19. The van der Waals surface area contributed by atoms with Crippen LogP contribution in [0.15, 0.2) is 0 Å². The Morgan fingerprint density at radius 1 is 0.373 bits per heavy atom. The molecule has 21 heteroatoms. The molecule has 0 unspecified atom stereocenters. The first-order chi connectivity index (χ1) is 32.9. The number of aldehydes is 1. The van der Waals surface area contributed by atoms with Gasteiger partial charge in [0, 0.05) is 32.2 Å². The number of ether oxygens (including phenoxy) is 12. The molecule has 0 rings (SSSR count). The van der Waals surface area contributed by atoms with E-state index in [9.17, 15) is 24.0 Å². The lowest BCUT2D eigenvalue weighted by Crippen LogP contribution is -2.41. The van der Waals surface area contributed by atoms with Crippen LogP contribution in [-0.2, 0) is 80.8 Å². The molecule has 2 amide bonds. The van der Waals surface area contributed by atoms with Gasteiger partial charge in [0.25, 0.3) is 0 Å². The topological polar surface area (TPSA) is 261 Å². The summed E-state index contributed by atoms with van der Waals surface area (Å²) in [4.78, 5) is 55.8. The van der Waals surface area contributed by atoms with Crippen molar-refractivity contribution in [3.63, 3.8) is 0 Å². The SMILES string of the molecule is O=CCC[C@H](NC(=O)CCOCCOCCOCCOCCOCCOCCOCCOCCOCCOCCOCCOCCNC(=O)CCCCCCCCCCCCC(=O)O)C(=O)O. The maximum Gasteiger partial charge on any atom is 0.326 e. The molecule has 394 valence electrons. The number of carboxylic acids is 2. The van der Waals surface area contributed by atoms with E-state index in [2.05, 4.69) is 10.6 Å². The molecule has 0 aliphatic heterocycles. The first-order valence-electron chi connectivity index (χ1n) is 24.2. The fraction of sp³-hybridized carbons (Fsp3) is 0.891. The number of rotatable bonds is 57. The zero-order valence-electron chi connectivity index (χ0n) is 40.3. The van der Waals surface area contributed by atoms with Crippen LogP contribution in [0.25, 0.3) is 0 Å². The molecule has 0 aliphatic carbocycles. The zero-order valence-corrected chi connectivity index (χ0v) is 40.3. The smallest absolute Gasteiger partial charge is 0.326 e. The van der Waals surface area contributed by atoms with Crippen molar-refractivity contribution in [2.75, 3.05) is 165 Å². The third-order valence-electron chi connectivity index (χ3n) is 9.39. The highest BCUT2D eigenvalue weighted by atomic mass is 16.6. The molecule has 0 heterocycles. The molecule has 0 saturated carbocycles. The van der Waals surface area contributed by atoms with Gasteiger partial charge >= 0.3 is 11.9 Å². The Hall–Kier alpha value is -2.93. The van der Waals surface area contributed by atoms with Gasteiger partial charge in [-0.2, -0.15) is 0 Å². The average molecular weight is 971 g/mol. The number of aliphatic carboxylic acids is 2. The number of unbranched alkanes of at least 4 members (excludes halogenated alkanes) is 9. The van der Waals surface area contributed by atoms with E-state index in [1.165, 1.54) is 25.7 Å². The minimum Gasteiger partial charge on any atom is -0.481 e. The van der Waals surface area contributed by atoms with Crippen LogP contribution in [0.1, 0.15) is 96.3 Å². The van der Waals surface area contributed by atoms with E-state index in [4.69, 9.17) is 67.1 Å². The summed E-state index contributed by atoms with van der Waals surface area (Å²) < 4.78 is 65.6. The molecule has 0 radical (unpaired) electrons. The largest absolute Gasteiger partial charge is 0.481 e. The summed E-state index contributed by atoms with van der Waals surface area (Å²) in [6, 6.07) is -1.09. The molecular formula is C46H86N2O19. The minimum absolute atomic E-state index is 0.0106. The van der Waals surface area contributed by atoms with Crippen molar-refractivity contribution < 1.29 is 91.0 Å². The second-order valence-corrected chi connectivity index (χ2v) is 15.1. The molecule has 0 aliphatic rings. The standard InChI is InChI=1S/C46H86N2O19/c49-17-11-12-42(46(54)55)48-44(51)15-18-56-20-22-58-24-26-60-28-30-62-32-34-64-36-38-66-40-41-67-39-37-65-35-33-63-31-29-61-27-25-59-23-21-57-19-16-47-43(50)13-9-7-5-3-1-2-4-6-8-10-14-45(52)53/h17,42H,1-16,18-41H2,(H,47,50)(H,48,51)(H,52,53)(H,54,55)/t42-/m0/s1. The van der Waals surface area contributed by atoms with Crippen molar-refractivity contribution >= 4 is 30.0 Å². The van der Waals surface area contributed by atoms with Gasteiger partial charge in [-0.1, -0.05) is 51.4 Å². The second kappa shape index (κ2) is 54.0. The second-order valence-electron chi connectivity index (χ2n) is 15.1. The van der Waals surface area contributed by atoms with E-state index >= 15 is 0 Å². The summed E-state index contributed by atoms with van der Waals surface area (Å²) in [5.74, 6) is -2.28. The van der Waals surface area contributed by atoms with Gasteiger partial charge < -0.3 is 82.5 Å². The Morgan fingerprint density at radius 3 is 0.985 bits per heavy atom. The van der Waals surface area contributed by atoms with Gasteiger partial charge in [-0.3, -0.25) is 14.4 Å². The number of hydrogen-bond donors (Lipinski definition) is 4. The number of amides is 2. The predicted molar refractivity (Wildman–Crippen MR) is 245 cm³/mol. The maximum absolute atomic E-state index is 12.0. The molecule has 21 nitrogen and oxygen atoms in total. The van der Waals surface area contributed by atoms with E-state index in [-0.39, 0.29) is 44.8 Å². The number of hydrogen-bond acceptors (Lipinski definition) is 17. The monoisotopic (exact) mass is 971 g/mol. The van der Waals surface area contributed by atoms with Crippen LogP contribution < -0.4 is 10.6 Å². The van der Waals surface area contributed by atoms with Crippen LogP contribution in [0.2, 0.25) is 0 Å². The van der Waals surface area contributed by atoms with Crippen molar-refractivity contribution in [2.45, 2.75) is 102 Å². The third-order valence-corrected chi connectivity index (χ3v) is 9.39. The summed E-state index contributed by atoms with van der Waals surface area (Å²) in [6.07, 6.45) is 12.3. The first kappa shape index (κ1) is 64.1. The van der Waals surface area contributed by atoms with Gasteiger partial charge in [-0.25, -0.2) is 4.79 Å². The summed E-state index contributed by atoms with van der Waals surface area (Å²) in [5, 5.41) is 23.0.